The van der Waals surface area contributed by atoms with Gasteiger partial charge in [-0.3, -0.25) is 9.59 Å². The molecule has 2 N–H and O–H groups in total. The summed E-state index contributed by atoms with van der Waals surface area (Å²) in [5.41, 5.74) is 2.69. The summed E-state index contributed by atoms with van der Waals surface area (Å²) in [6.07, 6.45) is 0.593. The summed E-state index contributed by atoms with van der Waals surface area (Å²) in [7, 11) is -2.40. The first kappa shape index (κ1) is 22.6. The largest absolute Gasteiger partial charge is 0.496 e. The number of rotatable bonds is 7. The van der Waals surface area contributed by atoms with E-state index in [1.54, 1.807) is 41.8 Å². The molecule has 1 aromatic heterocycles. The molecule has 0 saturated carbocycles. The van der Waals surface area contributed by atoms with Crippen LogP contribution in [0.25, 0.3) is 0 Å². The number of carbonyl (C=O) groups is 2. The second-order valence-corrected chi connectivity index (χ2v) is 9.72. The van der Waals surface area contributed by atoms with E-state index in [9.17, 15) is 23.1 Å². The Kier molecular flexibility index (Phi) is 5.99. The molecule has 1 aliphatic rings. The Hall–Kier alpha value is -3.59. The standard InChI is InChI=1S/C24H24N2O6S/c1-15-17(23-19(11-12-25-24(23)29)26(15)14-22(27)28)13-18-20(32-2)9-6-10-21(18)33(30,31)16-7-4-3-5-8-16/h3-10H,11-14H2,1-2H3,(H,25,29)(H,27,28). The molecule has 0 fully saturated rings. The molecule has 1 amide bonds. The van der Waals surface area contributed by atoms with Gasteiger partial charge in [0.2, 0.25) is 9.84 Å². The Morgan fingerprint density at radius 1 is 1.12 bits per heavy atom. The Balaban J connectivity index is 1.92. The first-order valence-corrected chi connectivity index (χ1v) is 11.9. The van der Waals surface area contributed by atoms with Gasteiger partial charge >= 0.3 is 5.97 Å². The molecule has 33 heavy (non-hydrogen) atoms. The number of nitrogens with zero attached hydrogens (tertiary/aromatic N) is 1. The van der Waals surface area contributed by atoms with Gasteiger partial charge in [-0.1, -0.05) is 24.3 Å². The van der Waals surface area contributed by atoms with Crippen LogP contribution in [0, 0.1) is 6.92 Å². The molecule has 172 valence electrons. The fraction of sp³-hybridized carbons (Fsp3) is 0.250. The lowest BCUT2D eigenvalue weighted by atomic mass is 9.97. The van der Waals surface area contributed by atoms with E-state index in [-0.39, 0.29) is 28.7 Å². The number of amides is 1. The number of nitrogens with one attached hydrogen (secondary N) is 1. The topological polar surface area (TPSA) is 115 Å². The number of hydrogen-bond donors (Lipinski definition) is 2. The molecule has 3 aromatic rings. The number of methoxy groups -OCH3 is 1. The zero-order chi connectivity index (χ0) is 23.8. The zero-order valence-electron chi connectivity index (χ0n) is 18.3. The van der Waals surface area contributed by atoms with Crippen LogP contribution in [0.1, 0.15) is 32.9 Å². The normalized spacial score (nSPS) is 13.3. The van der Waals surface area contributed by atoms with Crippen molar-refractivity contribution in [3.05, 3.63) is 76.6 Å². The fourth-order valence-corrected chi connectivity index (χ4v) is 5.92. The third kappa shape index (κ3) is 4.00. The van der Waals surface area contributed by atoms with Crippen LogP contribution in [0.2, 0.25) is 0 Å². The Labute approximate surface area is 191 Å². The van der Waals surface area contributed by atoms with Crippen LogP contribution in [0.5, 0.6) is 5.75 Å². The summed E-state index contributed by atoms with van der Waals surface area (Å²) in [6, 6.07) is 12.9. The van der Waals surface area contributed by atoms with Crippen LogP contribution in [0.15, 0.2) is 58.3 Å². The van der Waals surface area contributed by atoms with Crippen molar-refractivity contribution in [2.45, 2.75) is 36.1 Å². The maximum atomic E-state index is 13.5. The van der Waals surface area contributed by atoms with Crippen molar-refractivity contribution in [1.82, 2.24) is 9.88 Å². The van der Waals surface area contributed by atoms with Gasteiger partial charge in [-0.25, -0.2) is 8.42 Å². The van der Waals surface area contributed by atoms with Gasteiger partial charge in [-0.15, -0.1) is 0 Å². The second-order valence-electron chi connectivity index (χ2n) is 7.80. The van der Waals surface area contributed by atoms with Crippen LogP contribution in [0.3, 0.4) is 0 Å². The number of sulfone groups is 1. The van der Waals surface area contributed by atoms with E-state index in [1.165, 1.54) is 25.3 Å². The van der Waals surface area contributed by atoms with E-state index in [4.69, 9.17) is 4.74 Å². The number of ether oxygens (including phenoxy) is 1. The summed E-state index contributed by atoms with van der Waals surface area (Å²) in [6.45, 7) is 1.89. The summed E-state index contributed by atoms with van der Waals surface area (Å²) in [4.78, 5) is 24.5. The maximum Gasteiger partial charge on any atom is 0.323 e. The smallest absolute Gasteiger partial charge is 0.323 e. The lowest BCUT2D eigenvalue weighted by Gasteiger charge is -2.17. The molecule has 0 saturated heterocycles. The number of carboxylic acid groups (broad SMARTS) is 1. The molecule has 0 bridgehead atoms. The number of carbonyl (C=O) groups excluding carboxylic acids is 1. The van der Waals surface area contributed by atoms with Crippen LogP contribution in [0.4, 0.5) is 0 Å². The van der Waals surface area contributed by atoms with Gasteiger partial charge in [0.05, 0.1) is 22.5 Å². The molecule has 9 heteroatoms. The molecule has 0 aliphatic carbocycles. The van der Waals surface area contributed by atoms with E-state index >= 15 is 0 Å². The van der Waals surface area contributed by atoms with Crippen molar-refractivity contribution in [3.8, 4) is 5.75 Å². The minimum absolute atomic E-state index is 0.0865. The van der Waals surface area contributed by atoms with Gasteiger partial charge in [-0.05, 0) is 36.8 Å². The van der Waals surface area contributed by atoms with Crippen LogP contribution in [-0.4, -0.2) is 43.6 Å². The molecular weight excluding hydrogens is 444 g/mol. The molecule has 2 aromatic carbocycles. The number of fused-ring (bicyclic) bond motifs is 1. The Morgan fingerprint density at radius 3 is 2.52 bits per heavy atom. The van der Waals surface area contributed by atoms with Crippen molar-refractivity contribution in [2.75, 3.05) is 13.7 Å². The number of hydrogen-bond acceptors (Lipinski definition) is 5. The number of carboxylic acids is 1. The number of benzene rings is 2. The molecule has 8 nitrogen and oxygen atoms in total. The SMILES string of the molecule is COc1cccc(S(=O)(=O)c2ccccc2)c1Cc1c2c(n(CC(=O)O)c1C)CCNC2=O. The summed E-state index contributed by atoms with van der Waals surface area (Å²) in [5.74, 6) is -0.929. The molecule has 1 aliphatic heterocycles. The molecule has 0 radical (unpaired) electrons. The monoisotopic (exact) mass is 468 g/mol. The highest BCUT2D eigenvalue weighted by Crippen LogP contribution is 2.35. The molecule has 0 spiro atoms. The van der Waals surface area contributed by atoms with Gasteiger partial charge in [0, 0.05) is 36.3 Å². The van der Waals surface area contributed by atoms with Crippen molar-refractivity contribution in [3.63, 3.8) is 0 Å². The van der Waals surface area contributed by atoms with Gasteiger partial charge in [-0.2, -0.15) is 0 Å². The third-order valence-corrected chi connectivity index (χ3v) is 7.79. The minimum atomic E-state index is -3.86. The second kappa shape index (κ2) is 8.74. The van der Waals surface area contributed by atoms with Crippen LogP contribution in [-0.2, 0) is 34.0 Å². The summed E-state index contributed by atoms with van der Waals surface area (Å²) in [5, 5.41) is 12.2. The first-order valence-electron chi connectivity index (χ1n) is 10.4. The van der Waals surface area contributed by atoms with Crippen molar-refractivity contribution in [2.24, 2.45) is 0 Å². The first-order chi connectivity index (χ1) is 15.8. The van der Waals surface area contributed by atoms with E-state index in [0.717, 1.165) is 0 Å². The van der Waals surface area contributed by atoms with Gasteiger partial charge in [0.1, 0.15) is 12.3 Å². The highest BCUT2D eigenvalue weighted by molar-refractivity contribution is 7.91. The predicted molar refractivity (Wildman–Crippen MR) is 121 cm³/mol. The predicted octanol–water partition coefficient (Wildman–Crippen LogP) is 2.60. The third-order valence-electron chi connectivity index (χ3n) is 5.93. The lowest BCUT2D eigenvalue weighted by Crippen LogP contribution is -2.33. The van der Waals surface area contributed by atoms with Gasteiger partial charge < -0.3 is 19.7 Å². The molecule has 4 rings (SSSR count). The van der Waals surface area contributed by atoms with Crippen molar-refractivity contribution in [1.29, 1.82) is 0 Å². The number of aromatic nitrogens is 1. The minimum Gasteiger partial charge on any atom is -0.496 e. The average Bonchev–Trinajstić information content (AvgIpc) is 3.06. The maximum absolute atomic E-state index is 13.5. The van der Waals surface area contributed by atoms with E-state index < -0.39 is 15.8 Å². The zero-order valence-corrected chi connectivity index (χ0v) is 19.1. The van der Waals surface area contributed by atoms with Crippen molar-refractivity contribution < 1.29 is 27.9 Å². The van der Waals surface area contributed by atoms with Crippen LogP contribution >= 0.6 is 0 Å². The fourth-order valence-electron chi connectivity index (χ4n) is 4.40. The summed E-state index contributed by atoms with van der Waals surface area (Å²) < 4.78 is 34.1. The molecule has 2 heterocycles. The van der Waals surface area contributed by atoms with E-state index in [0.29, 0.717) is 46.8 Å². The summed E-state index contributed by atoms with van der Waals surface area (Å²) >= 11 is 0. The Morgan fingerprint density at radius 2 is 1.85 bits per heavy atom. The lowest BCUT2D eigenvalue weighted by molar-refractivity contribution is -0.137. The highest BCUT2D eigenvalue weighted by atomic mass is 32.2. The van der Waals surface area contributed by atoms with Crippen molar-refractivity contribution >= 4 is 21.7 Å². The van der Waals surface area contributed by atoms with Gasteiger partial charge in [0.15, 0.2) is 0 Å². The quantitative estimate of drug-likeness (QED) is 0.551. The van der Waals surface area contributed by atoms with Crippen LogP contribution < -0.4 is 10.1 Å². The number of aliphatic carboxylic acids is 1. The highest BCUT2D eigenvalue weighted by Gasteiger charge is 2.31. The molecule has 0 unspecified atom stereocenters. The molecule has 0 atom stereocenters. The Bertz CT molecular complexity index is 1340. The molecular formula is C24H24N2O6S. The van der Waals surface area contributed by atoms with Gasteiger partial charge in [0.25, 0.3) is 5.91 Å². The average molecular weight is 469 g/mol. The van der Waals surface area contributed by atoms with E-state index in [1.807, 2.05) is 0 Å². The van der Waals surface area contributed by atoms with E-state index in [2.05, 4.69) is 5.32 Å².